The number of carbonyl (C=O) groups excluding carboxylic acids is 2. The molecular formula is C13H9F3N2O3S. The van der Waals surface area contributed by atoms with E-state index in [0.717, 1.165) is 0 Å². The van der Waals surface area contributed by atoms with Crippen LogP contribution in [0.4, 0.5) is 13.2 Å². The topological polar surface area (TPSA) is 71.3 Å². The number of hydrogen-bond acceptors (Lipinski definition) is 4. The van der Waals surface area contributed by atoms with E-state index in [-0.39, 0.29) is 28.0 Å². The predicted octanol–water partition coefficient (Wildman–Crippen LogP) is 2.97. The monoisotopic (exact) mass is 330 g/mol. The van der Waals surface area contributed by atoms with Gasteiger partial charge in [0.25, 0.3) is 5.91 Å². The number of halogens is 3. The number of rotatable bonds is 3. The highest BCUT2D eigenvalue weighted by Crippen LogP contribution is 2.36. The maximum Gasteiger partial charge on any atom is 0.446 e. The molecule has 1 aromatic carbocycles. The van der Waals surface area contributed by atoms with Crippen molar-refractivity contribution in [2.24, 2.45) is 0 Å². The molecule has 2 amide bonds. The van der Waals surface area contributed by atoms with Crippen LogP contribution >= 0.6 is 11.8 Å². The predicted molar refractivity (Wildman–Crippen MR) is 72.0 cm³/mol. The summed E-state index contributed by atoms with van der Waals surface area (Å²) in [5.41, 5.74) is -0.0391. The number of benzene rings is 1. The molecule has 1 aromatic heterocycles. The van der Waals surface area contributed by atoms with Gasteiger partial charge in [-0.15, -0.1) is 0 Å². The van der Waals surface area contributed by atoms with E-state index in [4.69, 9.17) is 4.42 Å². The van der Waals surface area contributed by atoms with Crippen LogP contribution in [0.1, 0.15) is 20.9 Å². The minimum atomic E-state index is -4.39. The van der Waals surface area contributed by atoms with Crippen LogP contribution in [-0.2, 0) is 0 Å². The Labute approximate surface area is 126 Å². The van der Waals surface area contributed by atoms with Crippen LogP contribution in [0, 0.1) is 0 Å². The Morgan fingerprint density at radius 3 is 2.18 bits per heavy atom. The highest BCUT2D eigenvalue weighted by atomic mass is 32.2. The summed E-state index contributed by atoms with van der Waals surface area (Å²) >= 11 is -0.276. The lowest BCUT2D eigenvalue weighted by Crippen LogP contribution is -2.41. The van der Waals surface area contributed by atoms with E-state index in [1.807, 2.05) is 0 Å². The SMILES string of the molecule is O=C(NNC(=O)c1ccco1)c1ccc(SC(F)(F)F)cc1. The van der Waals surface area contributed by atoms with Gasteiger partial charge >= 0.3 is 11.4 Å². The summed E-state index contributed by atoms with van der Waals surface area (Å²) in [6.45, 7) is 0. The second-order valence-corrected chi connectivity index (χ2v) is 5.10. The molecule has 2 aromatic rings. The number of amides is 2. The van der Waals surface area contributed by atoms with Gasteiger partial charge in [0, 0.05) is 10.5 Å². The Morgan fingerprint density at radius 1 is 1.00 bits per heavy atom. The van der Waals surface area contributed by atoms with Crippen LogP contribution in [0.5, 0.6) is 0 Å². The van der Waals surface area contributed by atoms with Gasteiger partial charge in [0.2, 0.25) is 0 Å². The molecule has 0 aliphatic carbocycles. The lowest BCUT2D eigenvalue weighted by Gasteiger charge is -2.08. The zero-order chi connectivity index (χ0) is 16.2. The third-order valence-corrected chi connectivity index (χ3v) is 3.12. The highest BCUT2D eigenvalue weighted by Gasteiger charge is 2.29. The third kappa shape index (κ3) is 4.55. The minimum absolute atomic E-state index is 0.0113. The van der Waals surface area contributed by atoms with Crippen molar-refractivity contribution >= 4 is 23.6 Å². The average Bonchev–Trinajstić information content (AvgIpc) is 2.97. The summed E-state index contributed by atoms with van der Waals surface area (Å²) in [6.07, 6.45) is 1.30. The molecule has 5 nitrogen and oxygen atoms in total. The molecule has 0 spiro atoms. The Balaban J connectivity index is 1.91. The van der Waals surface area contributed by atoms with Crippen molar-refractivity contribution in [1.29, 1.82) is 0 Å². The second-order valence-electron chi connectivity index (χ2n) is 3.96. The van der Waals surface area contributed by atoms with Crippen LogP contribution in [0.25, 0.3) is 0 Å². The van der Waals surface area contributed by atoms with E-state index in [1.54, 1.807) is 0 Å². The summed E-state index contributed by atoms with van der Waals surface area (Å²) in [7, 11) is 0. The zero-order valence-electron chi connectivity index (χ0n) is 10.8. The minimum Gasteiger partial charge on any atom is -0.459 e. The molecule has 9 heteroatoms. The first-order chi connectivity index (χ1) is 10.3. The number of carbonyl (C=O) groups is 2. The Bertz CT molecular complexity index is 654. The fraction of sp³-hybridized carbons (Fsp3) is 0.0769. The molecule has 2 rings (SSSR count). The van der Waals surface area contributed by atoms with Crippen molar-refractivity contribution < 1.29 is 27.2 Å². The molecule has 2 N–H and O–H groups in total. The highest BCUT2D eigenvalue weighted by molar-refractivity contribution is 8.00. The third-order valence-electron chi connectivity index (χ3n) is 2.38. The Morgan fingerprint density at radius 2 is 1.64 bits per heavy atom. The fourth-order valence-corrected chi connectivity index (χ4v) is 2.00. The largest absolute Gasteiger partial charge is 0.459 e. The molecular weight excluding hydrogens is 321 g/mol. The molecule has 0 radical (unpaired) electrons. The van der Waals surface area contributed by atoms with Gasteiger partial charge < -0.3 is 4.42 Å². The van der Waals surface area contributed by atoms with Gasteiger partial charge in [-0.3, -0.25) is 20.4 Å². The van der Waals surface area contributed by atoms with Gasteiger partial charge in [-0.1, -0.05) is 0 Å². The van der Waals surface area contributed by atoms with E-state index in [1.165, 1.54) is 42.7 Å². The van der Waals surface area contributed by atoms with Crippen molar-refractivity contribution in [3.05, 3.63) is 54.0 Å². The van der Waals surface area contributed by atoms with Gasteiger partial charge in [0.05, 0.1) is 6.26 Å². The van der Waals surface area contributed by atoms with Crippen LogP contribution in [0.15, 0.2) is 52.0 Å². The molecule has 0 unspecified atom stereocenters. The van der Waals surface area contributed by atoms with Crippen LogP contribution in [0.2, 0.25) is 0 Å². The summed E-state index contributed by atoms with van der Waals surface area (Å²) in [5.74, 6) is -1.30. The molecule has 1 heterocycles. The van der Waals surface area contributed by atoms with Crippen molar-refractivity contribution in [1.82, 2.24) is 10.9 Å². The smallest absolute Gasteiger partial charge is 0.446 e. The number of furan rings is 1. The van der Waals surface area contributed by atoms with E-state index >= 15 is 0 Å². The van der Waals surface area contributed by atoms with Gasteiger partial charge in [-0.2, -0.15) is 13.2 Å². The maximum atomic E-state index is 12.2. The number of thioether (sulfide) groups is 1. The molecule has 0 aliphatic rings. The first-order valence-corrected chi connectivity index (χ1v) is 6.67. The van der Waals surface area contributed by atoms with Gasteiger partial charge in [0.15, 0.2) is 5.76 Å². The Kier molecular flexibility index (Phi) is 4.76. The standard InChI is InChI=1S/C13H9F3N2O3S/c14-13(15,16)22-9-5-3-8(4-6-9)11(19)17-18-12(20)10-2-1-7-21-10/h1-7H,(H,17,19)(H,18,20). The van der Waals surface area contributed by atoms with Crippen molar-refractivity contribution in [2.75, 3.05) is 0 Å². The molecule has 116 valence electrons. The van der Waals surface area contributed by atoms with E-state index in [0.29, 0.717) is 0 Å². The summed E-state index contributed by atoms with van der Waals surface area (Å²) < 4.78 is 41.3. The van der Waals surface area contributed by atoms with Gasteiger partial charge in [-0.05, 0) is 48.2 Å². The molecule has 0 bridgehead atoms. The molecule has 0 atom stereocenters. The number of hydrogen-bond donors (Lipinski definition) is 2. The van der Waals surface area contributed by atoms with E-state index in [9.17, 15) is 22.8 Å². The fourth-order valence-electron chi connectivity index (χ4n) is 1.46. The Hall–Kier alpha value is -2.42. The van der Waals surface area contributed by atoms with E-state index in [2.05, 4.69) is 10.9 Å². The molecule has 0 saturated heterocycles. The van der Waals surface area contributed by atoms with Crippen molar-refractivity contribution in [3.8, 4) is 0 Å². The normalized spacial score (nSPS) is 11.0. The van der Waals surface area contributed by atoms with Gasteiger partial charge in [-0.25, -0.2) is 0 Å². The first-order valence-electron chi connectivity index (χ1n) is 5.85. The molecule has 0 aliphatic heterocycles. The lowest BCUT2D eigenvalue weighted by molar-refractivity contribution is -0.0328. The number of alkyl halides is 3. The molecule has 22 heavy (non-hydrogen) atoms. The van der Waals surface area contributed by atoms with Crippen molar-refractivity contribution in [2.45, 2.75) is 10.4 Å². The summed E-state index contributed by atoms with van der Waals surface area (Å²) in [5, 5.41) is 0. The molecule has 0 saturated carbocycles. The lowest BCUT2D eigenvalue weighted by atomic mass is 10.2. The van der Waals surface area contributed by atoms with E-state index < -0.39 is 17.3 Å². The second kappa shape index (κ2) is 6.56. The van der Waals surface area contributed by atoms with Gasteiger partial charge in [0.1, 0.15) is 0 Å². The average molecular weight is 330 g/mol. The number of hydrazine groups is 1. The zero-order valence-corrected chi connectivity index (χ0v) is 11.6. The quantitative estimate of drug-likeness (QED) is 0.670. The summed E-state index contributed by atoms with van der Waals surface area (Å²) in [6, 6.07) is 7.70. The maximum absolute atomic E-state index is 12.2. The van der Waals surface area contributed by atoms with Crippen LogP contribution < -0.4 is 10.9 Å². The van der Waals surface area contributed by atoms with Crippen molar-refractivity contribution in [3.63, 3.8) is 0 Å². The van der Waals surface area contributed by atoms with Crippen LogP contribution in [0.3, 0.4) is 0 Å². The van der Waals surface area contributed by atoms with Crippen LogP contribution in [-0.4, -0.2) is 17.3 Å². The first kappa shape index (κ1) is 16.0. The summed E-state index contributed by atoms with van der Waals surface area (Å²) in [4.78, 5) is 23.2. The molecule has 0 fully saturated rings. The number of nitrogens with one attached hydrogen (secondary N) is 2.